The number of rotatable bonds is 11. The number of nitrogens with one attached hydrogen (secondary N) is 2. The van der Waals surface area contributed by atoms with Crippen LogP contribution in [-0.2, 0) is 19.2 Å². The maximum Gasteiger partial charge on any atom is 0.326 e. The summed E-state index contributed by atoms with van der Waals surface area (Å²) in [7, 11) is 0. The van der Waals surface area contributed by atoms with Crippen molar-refractivity contribution in [2.24, 2.45) is 22.2 Å². The van der Waals surface area contributed by atoms with E-state index in [1.54, 1.807) is 0 Å². The van der Waals surface area contributed by atoms with E-state index < -0.39 is 48.8 Å². The topological polar surface area (TPSA) is 223 Å². The van der Waals surface area contributed by atoms with Crippen molar-refractivity contribution < 1.29 is 29.4 Å². The zero-order valence-corrected chi connectivity index (χ0v) is 12.9. The lowest BCUT2D eigenvalue weighted by atomic mass is 10.1. The van der Waals surface area contributed by atoms with E-state index >= 15 is 0 Å². The molecule has 0 saturated heterocycles. The summed E-state index contributed by atoms with van der Waals surface area (Å²) in [4.78, 5) is 48.2. The molecular weight excluding hydrogens is 324 g/mol. The van der Waals surface area contributed by atoms with Crippen LogP contribution in [0, 0.1) is 0 Å². The highest BCUT2D eigenvalue weighted by Crippen LogP contribution is 1.96. The highest BCUT2D eigenvalue weighted by atomic mass is 16.4. The zero-order valence-electron chi connectivity index (χ0n) is 12.9. The molecule has 2 atom stereocenters. The van der Waals surface area contributed by atoms with Crippen molar-refractivity contribution in [1.82, 2.24) is 10.6 Å². The Morgan fingerprint density at radius 1 is 1.12 bits per heavy atom. The SMILES string of the molecule is NC(N)=NCCC[C@@H](N)C(=O)NCC(=O)NC(CC(=O)O)C(=O)O. The van der Waals surface area contributed by atoms with Gasteiger partial charge in [-0.15, -0.1) is 0 Å². The molecule has 0 spiro atoms. The smallest absolute Gasteiger partial charge is 0.326 e. The van der Waals surface area contributed by atoms with Crippen LogP contribution in [0.4, 0.5) is 0 Å². The number of nitrogens with two attached hydrogens (primary N) is 3. The molecule has 0 fully saturated rings. The molecule has 0 saturated carbocycles. The molecule has 0 aliphatic heterocycles. The number of hydrogen-bond donors (Lipinski definition) is 7. The summed E-state index contributed by atoms with van der Waals surface area (Å²) in [5.41, 5.74) is 15.9. The Morgan fingerprint density at radius 3 is 2.25 bits per heavy atom. The number of aliphatic imine (C=N–C) groups is 1. The third-order valence-corrected chi connectivity index (χ3v) is 2.74. The van der Waals surface area contributed by atoms with Crippen molar-refractivity contribution in [2.75, 3.05) is 13.1 Å². The minimum absolute atomic E-state index is 0.0703. The molecule has 24 heavy (non-hydrogen) atoms. The third-order valence-electron chi connectivity index (χ3n) is 2.74. The minimum Gasteiger partial charge on any atom is -0.481 e. The number of carboxylic acid groups (broad SMARTS) is 2. The van der Waals surface area contributed by atoms with Crippen LogP contribution < -0.4 is 27.8 Å². The number of nitrogens with zero attached hydrogens (tertiary/aromatic N) is 1. The molecule has 0 radical (unpaired) electrons. The monoisotopic (exact) mass is 346 g/mol. The molecule has 12 nitrogen and oxygen atoms in total. The van der Waals surface area contributed by atoms with Crippen LogP contribution in [-0.4, -0.2) is 65.1 Å². The van der Waals surface area contributed by atoms with Gasteiger partial charge in [0.25, 0.3) is 0 Å². The van der Waals surface area contributed by atoms with Gasteiger partial charge in [0.15, 0.2) is 5.96 Å². The van der Waals surface area contributed by atoms with Gasteiger partial charge < -0.3 is 38.0 Å². The summed E-state index contributed by atoms with van der Waals surface area (Å²) in [5, 5.41) is 21.5. The van der Waals surface area contributed by atoms with Gasteiger partial charge in [-0.1, -0.05) is 0 Å². The standard InChI is InChI=1S/C12H22N6O6/c13-6(2-1-3-16-12(14)15)10(22)17-5-8(19)18-7(11(23)24)4-9(20)21/h6-7H,1-5,13H2,(H,17,22)(H,18,19)(H,20,21)(H,23,24)(H4,14,15,16)/t6-,7?/m1/s1. The van der Waals surface area contributed by atoms with Gasteiger partial charge >= 0.3 is 11.9 Å². The Morgan fingerprint density at radius 2 is 1.75 bits per heavy atom. The molecule has 0 bridgehead atoms. The molecule has 0 aliphatic carbocycles. The lowest BCUT2D eigenvalue weighted by Gasteiger charge is -2.14. The molecule has 0 aliphatic rings. The first kappa shape index (κ1) is 21.1. The molecule has 0 rings (SSSR count). The first-order valence-electron chi connectivity index (χ1n) is 6.96. The van der Waals surface area contributed by atoms with Gasteiger partial charge in [-0.05, 0) is 12.8 Å². The summed E-state index contributed by atoms with van der Waals surface area (Å²) in [6, 6.07) is -2.47. The number of hydrogen-bond acceptors (Lipinski definition) is 6. The molecule has 0 aromatic rings. The number of carbonyl (C=O) groups is 4. The molecule has 136 valence electrons. The first-order chi connectivity index (χ1) is 11.1. The average molecular weight is 346 g/mol. The fourth-order valence-corrected chi connectivity index (χ4v) is 1.57. The van der Waals surface area contributed by atoms with Crippen molar-refractivity contribution in [3.05, 3.63) is 0 Å². The molecule has 0 aromatic carbocycles. The van der Waals surface area contributed by atoms with Crippen LogP contribution in [0.2, 0.25) is 0 Å². The molecule has 2 amide bonds. The van der Waals surface area contributed by atoms with Crippen molar-refractivity contribution in [2.45, 2.75) is 31.3 Å². The van der Waals surface area contributed by atoms with E-state index in [1.807, 2.05) is 5.32 Å². The van der Waals surface area contributed by atoms with Crippen LogP contribution in [0.1, 0.15) is 19.3 Å². The van der Waals surface area contributed by atoms with E-state index in [-0.39, 0.29) is 12.4 Å². The highest BCUT2D eigenvalue weighted by Gasteiger charge is 2.23. The van der Waals surface area contributed by atoms with Crippen molar-refractivity contribution in [1.29, 1.82) is 0 Å². The summed E-state index contributed by atoms with van der Waals surface area (Å²) >= 11 is 0. The maximum absolute atomic E-state index is 11.7. The largest absolute Gasteiger partial charge is 0.481 e. The predicted molar refractivity (Wildman–Crippen MR) is 82.7 cm³/mol. The van der Waals surface area contributed by atoms with Crippen LogP contribution in [0.3, 0.4) is 0 Å². The van der Waals surface area contributed by atoms with E-state index in [2.05, 4.69) is 10.3 Å². The lowest BCUT2D eigenvalue weighted by Crippen LogP contribution is -2.49. The second kappa shape index (κ2) is 10.8. The minimum atomic E-state index is -1.58. The van der Waals surface area contributed by atoms with Crippen LogP contribution in [0.25, 0.3) is 0 Å². The second-order valence-electron chi connectivity index (χ2n) is 4.83. The van der Waals surface area contributed by atoms with Gasteiger partial charge in [0, 0.05) is 6.54 Å². The first-order valence-corrected chi connectivity index (χ1v) is 6.96. The fourth-order valence-electron chi connectivity index (χ4n) is 1.57. The third kappa shape index (κ3) is 9.94. The lowest BCUT2D eigenvalue weighted by molar-refractivity contribution is -0.147. The van der Waals surface area contributed by atoms with Crippen molar-refractivity contribution >= 4 is 29.7 Å². The molecule has 10 N–H and O–H groups in total. The summed E-state index contributed by atoms with van der Waals surface area (Å²) in [6.07, 6.45) is -0.0430. The number of aliphatic carboxylic acids is 2. The van der Waals surface area contributed by atoms with E-state index in [4.69, 9.17) is 27.4 Å². The van der Waals surface area contributed by atoms with Crippen molar-refractivity contribution in [3.8, 4) is 0 Å². The van der Waals surface area contributed by atoms with E-state index in [0.29, 0.717) is 13.0 Å². The number of carbonyl (C=O) groups excluding carboxylic acids is 2. The van der Waals surface area contributed by atoms with Gasteiger partial charge in [-0.3, -0.25) is 19.4 Å². The molecule has 0 heterocycles. The quantitative estimate of drug-likeness (QED) is 0.112. The van der Waals surface area contributed by atoms with E-state index in [9.17, 15) is 19.2 Å². The second-order valence-corrected chi connectivity index (χ2v) is 4.83. The molecule has 1 unspecified atom stereocenters. The van der Waals surface area contributed by atoms with Crippen LogP contribution >= 0.6 is 0 Å². The van der Waals surface area contributed by atoms with Gasteiger partial charge in [0.2, 0.25) is 11.8 Å². The highest BCUT2D eigenvalue weighted by molar-refractivity contribution is 5.90. The van der Waals surface area contributed by atoms with Crippen molar-refractivity contribution in [3.63, 3.8) is 0 Å². The van der Waals surface area contributed by atoms with E-state index in [0.717, 1.165) is 0 Å². The number of amides is 2. The maximum atomic E-state index is 11.7. The zero-order chi connectivity index (χ0) is 18.7. The average Bonchev–Trinajstić information content (AvgIpc) is 2.47. The van der Waals surface area contributed by atoms with Gasteiger partial charge in [0.05, 0.1) is 19.0 Å². The normalized spacial score (nSPS) is 12.5. The Balaban J connectivity index is 4.19. The fraction of sp³-hybridized carbons (Fsp3) is 0.583. The molecule has 0 aromatic heterocycles. The van der Waals surface area contributed by atoms with Gasteiger partial charge in [-0.25, -0.2) is 4.79 Å². The molecular formula is C12H22N6O6. The van der Waals surface area contributed by atoms with Crippen LogP contribution in [0.15, 0.2) is 4.99 Å². The Labute approximate surface area is 137 Å². The predicted octanol–water partition coefficient (Wildman–Crippen LogP) is -3.47. The van der Waals surface area contributed by atoms with E-state index in [1.165, 1.54) is 0 Å². The summed E-state index contributed by atoms with van der Waals surface area (Å²) < 4.78 is 0. The van der Waals surface area contributed by atoms with Gasteiger partial charge in [-0.2, -0.15) is 0 Å². The summed E-state index contributed by atoms with van der Waals surface area (Å²) in [6.45, 7) is -0.219. The van der Waals surface area contributed by atoms with Gasteiger partial charge in [0.1, 0.15) is 6.04 Å². The Hall–Kier alpha value is -2.89. The van der Waals surface area contributed by atoms with Crippen LogP contribution in [0.5, 0.6) is 0 Å². The number of carboxylic acids is 2. The summed E-state index contributed by atoms with van der Waals surface area (Å²) in [5.74, 6) is -4.40. The molecule has 12 heteroatoms. The Bertz CT molecular complexity index is 504. The Kier molecular flexibility index (Phi) is 9.48. The number of guanidine groups is 1.